The molecule has 0 atom stereocenters. The van der Waals surface area contributed by atoms with E-state index < -0.39 is 0 Å². The number of pyridine rings is 1. The van der Waals surface area contributed by atoms with Gasteiger partial charge < -0.3 is 14.3 Å². The van der Waals surface area contributed by atoms with Gasteiger partial charge in [0.1, 0.15) is 30.7 Å². The molecular formula is C11H14N2O3. The Morgan fingerprint density at radius 1 is 1.56 bits per heavy atom. The Bertz CT molecular complexity index is 429. The van der Waals surface area contributed by atoms with Gasteiger partial charge >= 0.3 is 0 Å². The fourth-order valence-electron chi connectivity index (χ4n) is 1.65. The molecule has 0 amide bonds. The number of hydrogen-bond acceptors (Lipinski definition) is 5. The van der Waals surface area contributed by atoms with Crippen LogP contribution < -0.4 is 9.47 Å². The number of hydrogen-bond donors (Lipinski definition) is 0. The summed E-state index contributed by atoms with van der Waals surface area (Å²) in [5.41, 5.74) is 2.38. The van der Waals surface area contributed by atoms with Crippen LogP contribution >= 0.6 is 0 Å². The molecule has 86 valence electrons. The molecule has 1 aliphatic rings. The minimum Gasteiger partial charge on any atom is -0.493 e. The van der Waals surface area contributed by atoms with Crippen LogP contribution in [0.1, 0.15) is 18.2 Å². The third-order valence-electron chi connectivity index (χ3n) is 2.21. The van der Waals surface area contributed by atoms with Crippen molar-refractivity contribution in [2.45, 2.75) is 13.8 Å². The summed E-state index contributed by atoms with van der Waals surface area (Å²) in [7, 11) is 1.51. The van der Waals surface area contributed by atoms with E-state index in [1.165, 1.54) is 7.11 Å². The Hall–Kier alpha value is -1.78. The Morgan fingerprint density at radius 3 is 3.06 bits per heavy atom. The summed E-state index contributed by atoms with van der Waals surface area (Å²) in [5, 5.41) is 3.91. The molecule has 5 nitrogen and oxygen atoms in total. The van der Waals surface area contributed by atoms with Crippen LogP contribution in [0, 0.1) is 6.92 Å². The third kappa shape index (κ3) is 1.80. The van der Waals surface area contributed by atoms with Crippen LogP contribution in [0.3, 0.4) is 0 Å². The summed E-state index contributed by atoms with van der Waals surface area (Å²) >= 11 is 0. The molecule has 0 bridgehead atoms. The number of oxime groups is 1. The van der Waals surface area contributed by atoms with Crippen LogP contribution in [0.5, 0.6) is 11.6 Å². The molecule has 0 radical (unpaired) electrons. The summed E-state index contributed by atoms with van der Waals surface area (Å²) in [5.74, 6) is 1.32. The van der Waals surface area contributed by atoms with E-state index in [0.717, 1.165) is 17.0 Å². The van der Waals surface area contributed by atoms with Crippen LogP contribution in [0.25, 0.3) is 0 Å². The molecule has 0 N–H and O–H groups in total. The summed E-state index contributed by atoms with van der Waals surface area (Å²) in [6, 6.07) is 1.88. The molecule has 0 saturated heterocycles. The number of fused-ring (bicyclic) bond motifs is 1. The highest BCUT2D eigenvalue weighted by Crippen LogP contribution is 2.32. The SMILES string of the molecule is CCOc1cc(C)nc2c1C(=NOC)CO2. The molecule has 2 heterocycles. The summed E-state index contributed by atoms with van der Waals surface area (Å²) < 4.78 is 11.0. The zero-order valence-corrected chi connectivity index (χ0v) is 9.61. The maximum Gasteiger partial charge on any atom is 0.227 e. The van der Waals surface area contributed by atoms with Gasteiger partial charge in [-0.2, -0.15) is 0 Å². The summed E-state index contributed by atoms with van der Waals surface area (Å²) in [4.78, 5) is 9.06. The normalized spacial score (nSPS) is 15.8. The Balaban J connectivity index is 2.50. The van der Waals surface area contributed by atoms with Crippen molar-refractivity contribution in [2.24, 2.45) is 5.16 Å². The van der Waals surface area contributed by atoms with Gasteiger partial charge in [-0.1, -0.05) is 5.16 Å². The van der Waals surface area contributed by atoms with Crippen molar-refractivity contribution in [1.82, 2.24) is 4.98 Å². The van der Waals surface area contributed by atoms with E-state index in [-0.39, 0.29) is 0 Å². The highest BCUT2D eigenvalue weighted by atomic mass is 16.6. The monoisotopic (exact) mass is 222 g/mol. The molecular weight excluding hydrogens is 208 g/mol. The van der Waals surface area contributed by atoms with Crippen molar-refractivity contribution in [2.75, 3.05) is 20.3 Å². The van der Waals surface area contributed by atoms with Gasteiger partial charge in [-0.3, -0.25) is 0 Å². The predicted molar refractivity (Wildman–Crippen MR) is 59.2 cm³/mol. The molecule has 0 aliphatic carbocycles. The van der Waals surface area contributed by atoms with Crippen LogP contribution in [-0.2, 0) is 4.84 Å². The van der Waals surface area contributed by atoms with Crippen molar-refractivity contribution >= 4 is 5.71 Å². The fraction of sp³-hybridized carbons (Fsp3) is 0.455. The number of nitrogens with zero attached hydrogens (tertiary/aromatic N) is 2. The number of ether oxygens (including phenoxy) is 2. The van der Waals surface area contributed by atoms with Crippen LogP contribution in [-0.4, -0.2) is 31.0 Å². The second-order valence-corrected chi connectivity index (χ2v) is 3.38. The lowest BCUT2D eigenvalue weighted by atomic mass is 10.1. The Morgan fingerprint density at radius 2 is 2.38 bits per heavy atom. The fourth-order valence-corrected chi connectivity index (χ4v) is 1.65. The van der Waals surface area contributed by atoms with E-state index in [4.69, 9.17) is 14.3 Å². The van der Waals surface area contributed by atoms with E-state index in [0.29, 0.717) is 24.8 Å². The van der Waals surface area contributed by atoms with Gasteiger partial charge in [0.05, 0.1) is 6.61 Å². The van der Waals surface area contributed by atoms with E-state index >= 15 is 0 Å². The molecule has 0 saturated carbocycles. The van der Waals surface area contributed by atoms with Crippen molar-refractivity contribution in [3.05, 3.63) is 17.3 Å². The number of aryl methyl sites for hydroxylation is 1. The Kier molecular flexibility index (Phi) is 2.94. The molecule has 1 aromatic rings. The smallest absolute Gasteiger partial charge is 0.227 e. The minimum absolute atomic E-state index is 0.375. The molecule has 0 aromatic carbocycles. The van der Waals surface area contributed by atoms with Gasteiger partial charge in [-0.15, -0.1) is 0 Å². The first-order chi connectivity index (χ1) is 7.76. The lowest BCUT2D eigenvalue weighted by molar-refractivity contribution is 0.211. The maximum absolute atomic E-state index is 5.55. The van der Waals surface area contributed by atoms with Crippen molar-refractivity contribution < 1.29 is 14.3 Å². The average molecular weight is 222 g/mol. The van der Waals surface area contributed by atoms with Crippen LogP contribution in [0.4, 0.5) is 0 Å². The van der Waals surface area contributed by atoms with Gasteiger partial charge in [0.2, 0.25) is 5.88 Å². The number of aromatic nitrogens is 1. The predicted octanol–water partition coefficient (Wildman–Crippen LogP) is 1.53. The first kappa shape index (κ1) is 10.7. The second-order valence-electron chi connectivity index (χ2n) is 3.38. The molecule has 1 aromatic heterocycles. The first-order valence-corrected chi connectivity index (χ1v) is 5.14. The lowest BCUT2D eigenvalue weighted by Crippen LogP contribution is -2.05. The zero-order chi connectivity index (χ0) is 11.5. The molecule has 2 rings (SSSR count). The maximum atomic E-state index is 5.55. The Labute approximate surface area is 94.0 Å². The summed E-state index contributed by atoms with van der Waals surface area (Å²) in [6.45, 7) is 4.80. The molecule has 0 unspecified atom stereocenters. The van der Waals surface area contributed by atoms with Crippen molar-refractivity contribution in [3.8, 4) is 11.6 Å². The van der Waals surface area contributed by atoms with E-state index in [9.17, 15) is 0 Å². The standard InChI is InChI=1S/C11H14N2O3/c1-4-15-9-5-7(2)12-11-10(9)8(6-16-11)13-14-3/h5H,4,6H2,1-3H3. The highest BCUT2D eigenvalue weighted by Gasteiger charge is 2.26. The minimum atomic E-state index is 0.375. The van der Waals surface area contributed by atoms with Gasteiger partial charge in [0, 0.05) is 11.8 Å². The molecule has 0 fully saturated rings. The van der Waals surface area contributed by atoms with E-state index in [1.807, 2.05) is 19.9 Å². The largest absolute Gasteiger partial charge is 0.493 e. The van der Waals surface area contributed by atoms with Gasteiger partial charge in [0.25, 0.3) is 0 Å². The zero-order valence-electron chi connectivity index (χ0n) is 9.61. The van der Waals surface area contributed by atoms with Gasteiger partial charge in [-0.25, -0.2) is 4.98 Å². The van der Waals surface area contributed by atoms with E-state index in [2.05, 4.69) is 10.1 Å². The van der Waals surface area contributed by atoms with Gasteiger partial charge in [-0.05, 0) is 13.8 Å². The van der Waals surface area contributed by atoms with Crippen LogP contribution in [0.15, 0.2) is 11.2 Å². The van der Waals surface area contributed by atoms with Crippen LogP contribution in [0.2, 0.25) is 0 Å². The second kappa shape index (κ2) is 4.38. The first-order valence-electron chi connectivity index (χ1n) is 5.14. The average Bonchev–Trinajstić information content (AvgIpc) is 2.62. The topological polar surface area (TPSA) is 52.9 Å². The van der Waals surface area contributed by atoms with Gasteiger partial charge in [0.15, 0.2) is 0 Å². The molecule has 5 heteroatoms. The lowest BCUT2D eigenvalue weighted by Gasteiger charge is -2.08. The molecule has 0 spiro atoms. The molecule has 16 heavy (non-hydrogen) atoms. The van der Waals surface area contributed by atoms with Crippen molar-refractivity contribution in [1.29, 1.82) is 0 Å². The highest BCUT2D eigenvalue weighted by molar-refractivity contribution is 6.07. The molecule has 1 aliphatic heterocycles. The quantitative estimate of drug-likeness (QED) is 0.728. The third-order valence-corrected chi connectivity index (χ3v) is 2.21. The van der Waals surface area contributed by atoms with Crippen molar-refractivity contribution in [3.63, 3.8) is 0 Å². The summed E-state index contributed by atoms with van der Waals surface area (Å²) in [6.07, 6.45) is 0. The van der Waals surface area contributed by atoms with E-state index in [1.54, 1.807) is 0 Å². The number of rotatable bonds is 3.